The number of morpholine rings is 1. The van der Waals surface area contributed by atoms with E-state index >= 15 is 0 Å². The number of benzene rings is 1. The number of hydrogen-bond acceptors (Lipinski definition) is 4. The maximum absolute atomic E-state index is 14.3. The van der Waals surface area contributed by atoms with Gasteiger partial charge in [0.05, 0.1) is 18.7 Å². The Hall–Kier alpha value is -1.88. The zero-order valence-corrected chi connectivity index (χ0v) is 10.8. The molecule has 0 saturated carbocycles. The summed E-state index contributed by atoms with van der Waals surface area (Å²) in [5.41, 5.74) is 7.44. The van der Waals surface area contributed by atoms with Crippen molar-refractivity contribution in [2.24, 2.45) is 0 Å². The second-order valence-electron chi connectivity index (χ2n) is 4.81. The Morgan fingerprint density at radius 3 is 3.16 bits per heavy atom. The minimum atomic E-state index is -0.322. The molecule has 0 amide bonds. The Morgan fingerprint density at radius 2 is 2.37 bits per heavy atom. The fraction of sp³-hybridized carbons (Fsp3) is 0.357. The highest BCUT2D eigenvalue weighted by atomic mass is 19.1. The van der Waals surface area contributed by atoms with Gasteiger partial charge >= 0.3 is 0 Å². The van der Waals surface area contributed by atoms with Crippen LogP contribution >= 0.6 is 0 Å². The van der Waals surface area contributed by atoms with Gasteiger partial charge < -0.3 is 15.4 Å². The van der Waals surface area contributed by atoms with E-state index in [1.54, 1.807) is 6.20 Å². The predicted molar refractivity (Wildman–Crippen MR) is 73.7 cm³/mol. The number of fused-ring (bicyclic) bond motifs is 1. The molecule has 1 unspecified atom stereocenters. The molecular formula is C14H16FN3O. The molecule has 100 valence electrons. The number of ether oxygens (including phenoxy) is 1. The van der Waals surface area contributed by atoms with Gasteiger partial charge in [0.25, 0.3) is 0 Å². The van der Waals surface area contributed by atoms with Gasteiger partial charge in [-0.05, 0) is 25.1 Å². The van der Waals surface area contributed by atoms with Crippen molar-refractivity contribution in [2.45, 2.75) is 13.0 Å². The lowest BCUT2D eigenvalue weighted by molar-refractivity contribution is 0.0987. The van der Waals surface area contributed by atoms with Crippen LogP contribution in [0.3, 0.4) is 0 Å². The highest BCUT2D eigenvalue weighted by Gasteiger charge is 2.25. The molecule has 1 aromatic carbocycles. The van der Waals surface area contributed by atoms with E-state index in [4.69, 9.17) is 10.5 Å². The van der Waals surface area contributed by atoms with E-state index in [9.17, 15) is 4.39 Å². The molecule has 0 bridgehead atoms. The van der Waals surface area contributed by atoms with Crippen LogP contribution in [0.5, 0.6) is 0 Å². The number of aromatic nitrogens is 1. The monoisotopic (exact) mass is 261 g/mol. The highest BCUT2D eigenvalue weighted by molar-refractivity contribution is 5.99. The van der Waals surface area contributed by atoms with Crippen molar-refractivity contribution >= 4 is 22.3 Å². The number of hydrogen-bond donors (Lipinski definition) is 1. The number of anilines is 2. The lowest BCUT2D eigenvalue weighted by atomic mass is 10.1. The molecule has 0 spiro atoms. The van der Waals surface area contributed by atoms with Crippen molar-refractivity contribution in [3.05, 3.63) is 30.2 Å². The van der Waals surface area contributed by atoms with E-state index in [0.29, 0.717) is 36.6 Å². The van der Waals surface area contributed by atoms with Crippen molar-refractivity contribution in [2.75, 3.05) is 30.4 Å². The number of nitrogens with zero attached hydrogens (tertiary/aromatic N) is 2. The van der Waals surface area contributed by atoms with Crippen LogP contribution in [0.25, 0.3) is 10.9 Å². The smallest absolute Gasteiger partial charge is 0.150 e. The summed E-state index contributed by atoms with van der Waals surface area (Å²) in [7, 11) is 0. The van der Waals surface area contributed by atoms with Gasteiger partial charge in [0.15, 0.2) is 5.82 Å². The summed E-state index contributed by atoms with van der Waals surface area (Å²) in [6.07, 6.45) is 1.66. The van der Waals surface area contributed by atoms with E-state index in [1.165, 1.54) is 6.07 Å². The average Bonchev–Trinajstić information content (AvgIpc) is 2.41. The molecule has 1 saturated heterocycles. The van der Waals surface area contributed by atoms with Crippen molar-refractivity contribution in [1.82, 2.24) is 4.98 Å². The molecule has 1 fully saturated rings. The first-order valence-electron chi connectivity index (χ1n) is 6.35. The van der Waals surface area contributed by atoms with E-state index in [1.807, 2.05) is 24.0 Å². The first kappa shape index (κ1) is 12.2. The molecular weight excluding hydrogens is 245 g/mol. The van der Waals surface area contributed by atoms with Crippen LogP contribution in [0.4, 0.5) is 15.8 Å². The Kier molecular flexibility index (Phi) is 2.98. The van der Waals surface area contributed by atoms with Crippen molar-refractivity contribution in [1.29, 1.82) is 0 Å². The fourth-order valence-corrected chi connectivity index (χ4v) is 2.56. The summed E-state index contributed by atoms with van der Waals surface area (Å²) in [6, 6.07) is 5.17. The summed E-state index contributed by atoms with van der Waals surface area (Å²) in [5, 5.41) is 0.789. The quantitative estimate of drug-likeness (QED) is 0.799. The van der Waals surface area contributed by atoms with Gasteiger partial charge in [-0.2, -0.15) is 0 Å². The molecule has 1 aliphatic rings. The molecule has 2 heterocycles. The third-order valence-electron chi connectivity index (χ3n) is 3.51. The first-order chi connectivity index (χ1) is 9.18. The zero-order valence-electron chi connectivity index (χ0n) is 10.8. The Morgan fingerprint density at radius 1 is 1.53 bits per heavy atom. The second-order valence-corrected chi connectivity index (χ2v) is 4.81. The van der Waals surface area contributed by atoms with Gasteiger partial charge in [-0.15, -0.1) is 0 Å². The van der Waals surface area contributed by atoms with Crippen molar-refractivity contribution in [3.8, 4) is 0 Å². The predicted octanol–water partition coefficient (Wildman–Crippen LogP) is 2.18. The molecule has 5 heteroatoms. The minimum absolute atomic E-state index is 0.122. The zero-order chi connectivity index (χ0) is 13.4. The number of nitrogen functional groups attached to an aromatic ring is 1. The molecule has 1 aromatic heterocycles. The molecule has 2 N–H and O–H groups in total. The number of rotatable bonds is 1. The second kappa shape index (κ2) is 4.66. The minimum Gasteiger partial charge on any atom is -0.398 e. The molecule has 1 atom stereocenters. The van der Waals surface area contributed by atoms with Gasteiger partial charge in [-0.25, -0.2) is 4.39 Å². The van der Waals surface area contributed by atoms with Gasteiger partial charge in [-0.3, -0.25) is 4.98 Å². The van der Waals surface area contributed by atoms with Crippen LogP contribution in [-0.2, 0) is 4.74 Å². The molecule has 19 heavy (non-hydrogen) atoms. The van der Waals surface area contributed by atoms with E-state index < -0.39 is 0 Å². The summed E-state index contributed by atoms with van der Waals surface area (Å²) < 4.78 is 19.7. The standard InChI is InChI=1S/C14H16FN3O/c1-9-8-19-6-5-18(9)14-11(15)7-12(16)10-3-2-4-17-13(10)14/h2-4,7,9H,5-6,8,16H2,1H3. The summed E-state index contributed by atoms with van der Waals surface area (Å²) in [4.78, 5) is 6.32. The third kappa shape index (κ3) is 2.00. The van der Waals surface area contributed by atoms with Crippen molar-refractivity contribution in [3.63, 3.8) is 0 Å². The molecule has 1 aliphatic heterocycles. The van der Waals surface area contributed by atoms with Gasteiger partial charge in [0, 0.05) is 29.9 Å². The molecule has 3 rings (SSSR count). The normalized spacial score (nSPS) is 19.9. The van der Waals surface area contributed by atoms with Crippen LogP contribution in [0.2, 0.25) is 0 Å². The lowest BCUT2D eigenvalue weighted by Crippen LogP contribution is -2.44. The number of nitrogens with two attached hydrogens (primary N) is 1. The number of halogens is 1. The maximum Gasteiger partial charge on any atom is 0.150 e. The van der Waals surface area contributed by atoms with E-state index in [-0.39, 0.29) is 11.9 Å². The van der Waals surface area contributed by atoms with Crippen LogP contribution in [-0.4, -0.2) is 30.8 Å². The third-order valence-corrected chi connectivity index (χ3v) is 3.51. The molecule has 4 nitrogen and oxygen atoms in total. The lowest BCUT2D eigenvalue weighted by Gasteiger charge is -2.35. The Bertz CT molecular complexity index is 617. The van der Waals surface area contributed by atoms with Crippen LogP contribution < -0.4 is 10.6 Å². The summed E-state index contributed by atoms with van der Waals surface area (Å²) in [5.74, 6) is -0.322. The van der Waals surface area contributed by atoms with E-state index in [2.05, 4.69) is 4.98 Å². The SMILES string of the molecule is CC1COCCN1c1c(F)cc(N)c2cccnc12. The summed E-state index contributed by atoms with van der Waals surface area (Å²) in [6.45, 7) is 3.87. The van der Waals surface area contributed by atoms with Gasteiger partial charge in [0.2, 0.25) is 0 Å². The first-order valence-corrected chi connectivity index (χ1v) is 6.35. The Balaban J connectivity index is 2.22. The molecule has 0 radical (unpaired) electrons. The van der Waals surface area contributed by atoms with Crippen LogP contribution in [0.1, 0.15) is 6.92 Å². The van der Waals surface area contributed by atoms with Crippen molar-refractivity contribution < 1.29 is 9.13 Å². The Labute approximate surface area is 111 Å². The van der Waals surface area contributed by atoms with E-state index in [0.717, 1.165) is 5.39 Å². The average molecular weight is 261 g/mol. The largest absolute Gasteiger partial charge is 0.398 e. The highest BCUT2D eigenvalue weighted by Crippen LogP contribution is 2.34. The fourth-order valence-electron chi connectivity index (χ4n) is 2.56. The number of pyridine rings is 1. The molecule has 2 aromatic rings. The van der Waals surface area contributed by atoms with Crippen LogP contribution in [0.15, 0.2) is 24.4 Å². The van der Waals surface area contributed by atoms with Gasteiger partial charge in [-0.1, -0.05) is 0 Å². The summed E-state index contributed by atoms with van der Waals surface area (Å²) >= 11 is 0. The van der Waals surface area contributed by atoms with Crippen LogP contribution in [0, 0.1) is 5.82 Å². The topological polar surface area (TPSA) is 51.4 Å². The van der Waals surface area contributed by atoms with Gasteiger partial charge in [0.1, 0.15) is 5.69 Å². The maximum atomic E-state index is 14.3. The molecule has 0 aliphatic carbocycles.